The number of hydrogen-bond acceptors (Lipinski definition) is 10. The van der Waals surface area contributed by atoms with E-state index < -0.39 is 49.4 Å². The van der Waals surface area contributed by atoms with Crippen LogP contribution in [0.25, 0.3) is 0 Å². The molecular weight excluding hydrogens is 773 g/mol. The van der Waals surface area contributed by atoms with Crippen LogP contribution in [0, 0.1) is 0 Å². The molecule has 1 aliphatic rings. The third kappa shape index (κ3) is 33.6. The highest BCUT2D eigenvalue weighted by molar-refractivity contribution is 5.70. The molecule has 61 heavy (non-hydrogen) atoms. The maximum atomic E-state index is 12.8. The zero-order chi connectivity index (χ0) is 44.4. The van der Waals surface area contributed by atoms with Gasteiger partial charge in [-0.25, -0.2) is 0 Å². The van der Waals surface area contributed by atoms with Gasteiger partial charge in [0.05, 0.1) is 13.2 Å². The normalized spacial score (nSPS) is 19.7. The first kappa shape index (κ1) is 57.5. The average molecular weight is 869 g/mol. The Morgan fingerprint density at radius 3 is 1.28 bits per heavy atom. The summed E-state index contributed by atoms with van der Waals surface area (Å²) in [7, 11) is 0. The van der Waals surface area contributed by atoms with Crippen LogP contribution >= 0.6 is 0 Å². The van der Waals surface area contributed by atoms with Gasteiger partial charge in [-0.3, -0.25) is 9.59 Å². The molecule has 0 aromatic heterocycles. The lowest BCUT2D eigenvalue weighted by Crippen LogP contribution is -2.59. The first-order valence-electron chi connectivity index (χ1n) is 25.8. The Balaban J connectivity index is 2.25. The molecule has 1 fully saturated rings. The third-order valence-electron chi connectivity index (χ3n) is 12.2. The molecule has 0 aliphatic carbocycles. The molecule has 0 bridgehead atoms. The lowest BCUT2D eigenvalue weighted by atomic mass is 9.99. The van der Waals surface area contributed by atoms with E-state index in [9.17, 15) is 30.0 Å². The fourth-order valence-electron chi connectivity index (χ4n) is 8.07. The van der Waals surface area contributed by atoms with Gasteiger partial charge in [-0.1, -0.05) is 206 Å². The minimum atomic E-state index is -1.59. The van der Waals surface area contributed by atoms with Crippen LogP contribution in [0.5, 0.6) is 0 Å². The number of carbonyl (C=O) groups excluding carboxylic acids is 2. The van der Waals surface area contributed by atoms with Gasteiger partial charge in [-0.2, -0.15) is 0 Å². The van der Waals surface area contributed by atoms with Gasteiger partial charge in [-0.05, 0) is 38.5 Å². The van der Waals surface area contributed by atoms with Crippen molar-refractivity contribution in [3.05, 3.63) is 12.2 Å². The molecule has 0 amide bonds. The summed E-state index contributed by atoms with van der Waals surface area (Å²) in [6.45, 7) is 3.46. The second kappa shape index (κ2) is 42.4. The highest BCUT2D eigenvalue weighted by Gasteiger charge is 2.44. The number of aliphatic hydroxyl groups is 4. The van der Waals surface area contributed by atoms with E-state index in [1.54, 1.807) is 0 Å². The first-order valence-corrected chi connectivity index (χ1v) is 25.8. The quantitative estimate of drug-likeness (QED) is 0.0264. The highest BCUT2D eigenvalue weighted by Crippen LogP contribution is 2.23. The van der Waals surface area contributed by atoms with E-state index in [1.165, 1.54) is 173 Å². The smallest absolute Gasteiger partial charge is 0.306 e. The van der Waals surface area contributed by atoms with Gasteiger partial charge in [0.2, 0.25) is 0 Å². The average Bonchev–Trinajstić information content (AvgIpc) is 3.26. The lowest BCUT2D eigenvalue weighted by Gasteiger charge is -2.39. The van der Waals surface area contributed by atoms with E-state index in [-0.39, 0.29) is 32.0 Å². The highest BCUT2D eigenvalue weighted by atomic mass is 16.7. The van der Waals surface area contributed by atoms with Gasteiger partial charge >= 0.3 is 11.9 Å². The molecule has 10 nitrogen and oxygen atoms in total. The molecule has 1 rings (SSSR count). The van der Waals surface area contributed by atoms with Gasteiger partial charge in [0.15, 0.2) is 12.4 Å². The van der Waals surface area contributed by atoms with Gasteiger partial charge in [0, 0.05) is 12.8 Å². The predicted octanol–water partition coefficient (Wildman–Crippen LogP) is 11.9. The molecule has 0 saturated carbocycles. The second-order valence-corrected chi connectivity index (χ2v) is 18.0. The van der Waals surface area contributed by atoms with Crippen LogP contribution in [-0.2, 0) is 28.5 Å². The summed E-state index contributed by atoms with van der Waals surface area (Å²) in [5.41, 5.74) is 0. The maximum absolute atomic E-state index is 12.8. The van der Waals surface area contributed by atoms with Crippen LogP contribution in [0.4, 0.5) is 0 Å². The van der Waals surface area contributed by atoms with Gasteiger partial charge < -0.3 is 39.4 Å². The fourth-order valence-corrected chi connectivity index (χ4v) is 8.07. The van der Waals surface area contributed by atoms with Crippen LogP contribution in [0.3, 0.4) is 0 Å². The minimum absolute atomic E-state index is 0.212. The maximum Gasteiger partial charge on any atom is 0.306 e. The fraction of sp³-hybridized carbons (Fsp3) is 0.922. The second-order valence-electron chi connectivity index (χ2n) is 18.0. The Morgan fingerprint density at radius 1 is 0.492 bits per heavy atom. The minimum Gasteiger partial charge on any atom is -0.462 e. The molecule has 1 heterocycles. The SMILES string of the molecule is CCCCCCCC/C=C\CCCCCCCCCCCC(=O)OC(COC(=O)CCCCCCCCCCCCCCCCCCC)COC1OC(CO)C(O)C(O)C1O. The molecule has 360 valence electrons. The molecule has 6 atom stereocenters. The summed E-state index contributed by atoms with van der Waals surface area (Å²) in [6.07, 6.45) is 39.3. The standard InChI is InChI=1S/C51H96O10/c1-3-5-7-9-11-13-15-17-19-21-22-24-26-28-30-32-34-36-38-40-47(54)60-44(43-59-51-50(57)49(56)48(55)45(41-52)61-51)42-58-46(53)39-37-35-33-31-29-27-25-23-20-18-16-14-12-10-8-6-4-2/h17,19,44-45,48-52,55-57H,3-16,18,20-43H2,1-2H3/b19-17-. The largest absolute Gasteiger partial charge is 0.462 e. The predicted molar refractivity (Wildman–Crippen MR) is 247 cm³/mol. The van der Waals surface area contributed by atoms with E-state index in [2.05, 4.69) is 26.0 Å². The summed E-state index contributed by atoms with van der Waals surface area (Å²) in [4.78, 5) is 25.4. The molecule has 0 spiro atoms. The number of unbranched alkanes of at least 4 members (excludes halogenated alkanes) is 31. The molecule has 0 aromatic rings. The number of rotatable bonds is 44. The van der Waals surface area contributed by atoms with E-state index in [4.69, 9.17) is 18.9 Å². The summed E-state index contributed by atoms with van der Waals surface area (Å²) in [5, 5.41) is 40.2. The molecule has 0 aromatic carbocycles. The van der Waals surface area contributed by atoms with Gasteiger partial charge in [0.1, 0.15) is 31.0 Å². The number of esters is 2. The number of allylic oxidation sites excluding steroid dienone is 2. The van der Waals surface area contributed by atoms with Crippen molar-refractivity contribution in [3.63, 3.8) is 0 Å². The number of ether oxygens (including phenoxy) is 4. The Morgan fingerprint density at radius 2 is 0.869 bits per heavy atom. The van der Waals surface area contributed by atoms with Crippen molar-refractivity contribution in [2.24, 2.45) is 0 Å². The number of hydrogen-bond donors (Lipinski definition) is 4. The molecule has 0 radical (unpaired) electrons. The number of aliphatic hydroxyl groups excluding tert-OH is 4. The van der Waals surface area contributed by atoms with Crippen LogP contribution in [0.15, 0.2) is 12.2 Å². The molecule has 1 aliphatic heterocycles. The van der Waals surface area contributed by atoms with Crippen LogP contribution in [-0.4, -0.2) is 89.0 Å². The Hall–Kier alpha value is -1.56. The topological polar surface area (TPSA) is 152 Å². The van der Waals surface area contributed by atoms with Crippen molar-refractivity contribution in [1.82, 2.24) is 0 Å². The first-order chi connectivity index (χ1) is 29.8. The molecule has 10 heteroatoms. The van der Waals surface area contributed by atoms with Crippen molar-refractivity contribution in [1.29, 1.82) is 0 Å². The summed E-state index contributed by atoms with van der Waals surface area (Å²) < 4.78 is 22.3. The zero-order valence-corrected chi connectivity index (χ0v) is 39.4. The van der Waals surface area contributed by atoms with Gasteiger partial charge in [-0.15, -0.1) is 0 Å². The van der Waals surface area contributed by atoms with Crippen LogP contribution in [0.2, 0.25) is 0 Å². The molecule has 1 saturated heterocycles. The lowest BCUT2D eigenvalue weighted by molar-refractivity contribution is -0.305. The summed E-state index contributed by atoms with van der Waals surface area (Å²) in [6, 6.07) is 0. The van der Waals surface area contributed by atoms with E-state index in [1.807, 2.05) is 0 Å². The third-order valence-corrected chi connectivity index (χ3v) is 12.2. The molecule has 4 N–H and O–H groups in total. The van der Waals surface area contributed by atoms with Crippen molar-refractivity contribution < 1.29 is 49.0 Å². The van der Waals surface area contributed by atoms with Crippen molar-refractivity contribution in [2.45, 2.75) is 282 Å². The van der Waals surface area contributed by atoms with E-state index in [0.717, 1.165) is 38.5 Å². The van der Waals surface area contributed by atoms with Crippen molar-refractivity contribution in [2.75, 3.05) is 19.8 Å². The molecule has 6 unspecified atom stereocenters. The number of carbonyl (C=O) groups is 2. The van der Waals surface area contributed by atoms with Gasteiger partial charge in [0.25, 0.3) is 0 Å². The van der Waals surface area contributed by atoms with Crippen LogP contribution < -0.4 is 0 Å². The summed E-state index contributed by atoms with van der Waals surface area (Å²) in [5.74, 6) is -0.793. The van der Waals surface area contributed by atoms with Crippen molar-refractivity contribution >= 4 is 11.9 Å². The van der Waals surface area contributed by atoms with Crippen molar-refractivity contribution in [3.8, 4) is 0 Å². The monoisotopic (exact) mass is 869 g/mol. The Labute approximate surface area is 373 Å². The Bertz CT molecular complexity index is 1010. The van der Waals surface area contributed by atoms with Crippen LogP contribution in [0.1, 0.15) is 245 Å². The van der Waals surface area contributed by atoms with E-state index in [0.29, 0.717) is 6.42 Å². The molecular formula is C51H96O10. The summed E-state index contributed by atoms with van der Waals surface area (Å²) >= 11 is 0. The Kier molecular flexibility index (Phi) is 39.9. The van der Waals surface area contributed by atoms with E-state index >= 15 is 0 Å². The zero-order valence-electron chi connectivity index (χ0n) is 39.4.